The molecule has 0 bridgehead atoms. The van der Waals surface area contributed by atoms with Gasteiger partial charge in [0.05, 0.1) is 12.7 Å². The summed E-state index contributed by atoms with van der Waals surface area (Å²) in [6.07, 6.45) is 2.84. The van der Waals surface area contributed by atoms with Gasteiger partial charge in [0, 0.05) is 5.56 Å². The van der Waals surface area contributed by atoms with Crippen LogP contribution in [0.4, 0.5) is 0 Å². The molecule has 0 aromatic heterocycles. The summed E-state index contributed by atoms with van der Waals surface area (Å²) in [5, 5.41) is 19.0. The van der Waals surface area contributed by atoms with Crippen molar-refractivity contribution in [2.45, 2.75) is 25.7 Å². The van der Waals surface area contributed by atoms with Gasteiger partial charge >= 0.3 is 0 Å². The summed E-state index contributed by atoms with van der Waals surface area (Å²) in [5.74, 6) is 0.239. The minimum atomic E-state index is -0.544. The van der Waals surface area contributed by atoms with Crippen LogP contribution in [0.1, 0.15) is 18.1 Å². The number of fused-ring (bicyclic) bond motifs is 1. The van der Waals surface area contributed by atoms with E-state index in [4.69, 9.17) is 4.74 Å². The zero-order valence-corrected chi connectivity index (χ0v) is 8.55. The normalized spacial score (nSPS) is 21.9. The molecule has 1 aromatic rings. The van der Waals surface area contributed by atoms with E-state index in [9.17, 15) is 10.2 Å². The van der Waals surface area contributed by atoms with E-state index in [0.717, 1.165) is 11.1 Å². The van der Waals surface area contributed by atoms with Crippen LogP contribution in [0.2, 0.25) is 0 Å². The van der Waals surface area contributed by atoms with Gasteiger partial charge in [-0.05, 0) is 18.6 Å². The van der Waals surface area contributed by atoms with Gasteiger partial charge in [-0.1, -0.05) is 24.3 Å². The number of aliphatic hydroxyl groups is 1. The van der Waals surface area contributed by atoms with Gasteiger partial charge in [0.2, 0.25) is 0 Å². The molecule has 3 heteroatoms. The Hall–Kier alpha value is -1.32. The predicted octanol–water partition coefficient (Wildman–Crippen LogP) is 1.68. The van der Waals surface area contributed by atoms with E-state index < -0.39 is 6.10 Å². The highest BCUT2D eigenvalue weighted by molar-refractivity contribution is 5.58. The highest BCUT2D eigenvalue weighted by Gasteiger charge is 2.17. The number of aromatic hydroxyl groups is 1. The van der Waals surface area contributed by atoms with Crippen LogP contribution in [0, 0.1) is 0 Å². The maximum Gasteiger partial charge on any atom is 0.121 e. The number of phenols is 1. The van der Waals surface area contributed by atoms with Crippen LogP contribution < -0.4 is 0 Å². The van der Waals surface area contributed by atoms with Crippen LogP contribution in [0.15, 0.2) is 24.3 Å². The predicted molar refractivity (Wildman–Crippen MR) is 57.4 cm³/mol. The third kappa shape index (κ3) is 2.03. The molecule has 15 heavy (non-hydrogen) atoms. The molecule has 2 N–H and O–H groups in total. The van der Waals surface area contributed by atoms with Crippen LogP contribution in [0.5, 0.6) is 5.75 Å². The lowest BCUT2D eigenvalue weighted by molar-refractivity contribution is -0.00919. The molecule has 2 atom stereocenters. The second-order valence-electron chi connectivity index (χ2n) is 3.72. The second kappa shape index (κ2) is 4.04. The van der Waals surface area contributed by atoms with Crippen molar-refractivity contribution in [3.8, 4) is 5.75 Å². The summed E-state index contributed by atoms with van der Waals surface area (Å²) in [5.41, 5.74) is 1.72. The van der Waals surface area contributed by atoms with Gasteiger partial charge < -0.3 is 14.9 Å². The Morgan fingerprint density at radius 2 is 2.27 bits per heavy atom. The molecule has 0 saturated heterocycles. The fourth-order valence-corrected chi connectivity index (χ4v) is 1.64. The van der Waals surface area contributed by atoms with E-state index in [1.165, 1.54) is 0 Å². The number of ether oxygens (including phenoxy) is 1. The second-order valence-corrected chi connectivity index (χ2v) is 3.72. The first-order valence-corrected chi connectivity index (χ1v) is 4.97. The van der Waals surface area contributed by atoms with Crippen molar-refractivity contribution in [1.82, 2.24) is 0 Å². The first-order chi connectivity index (χ1) is 7.18. The molecule has 1 unspecified atom stereocenters. The lowest BCUT2D eigenvalue weighted by atomic mass is 10.1. The molecule has 0 fully saturated rings. The van der Waals surface area contributed by atoms with Crippen molar-refractivity contribution in [2.24, 2.45) is 0 Å². The first kappa shape index (κ1) is 10.2. The quantitative estimate of drug-likeness (QED) is 0.735. The van der Waals surface area contributed by atoms with Gasteiger partial charge in [0.15, 0.2) is 0 Å². The maximum atomic E-state index is 9.63. The smallest absolute Gasteiger partial charge is 0.121 e. The molecule has 1 aliphatic rings. The van der Waals surface area contributed by atoms with Crippen molar-refractivity contribution in [3.05, 3.63) is 35.4 Å². The van der Waals surface area contributed by atoms with Crippen LogP contribution >= 0.6 is 0 Å². The van der Waals surface area contributed by atoms with Crippen molar-refractivity contribution in [1.29, 1.82) is 0 Å². The van der Waals surface area contributed by atoms with Crippen molar-refractivity contribution < 1.29 is 14.9 Å². The highest BCUT2D eigenvalue weighted by Crippen LogP contribution is 2.26. The lowest BCUT2D eigenvalue weighted by Crippen LogP contribution is -2.23. The summed E-state index contributed by atoms with van der Waals surface area (Å²) in [7, 11) is 0. The minimum absolute atomic E-state index is 0.239. The molecule has 2 rings (SSSR count). The Bertz CT molecular complexity index is 382. The number of hydrogen-bond acceptors (Lipinski definition) is 3. The van der Waals surface area contributed by atoms with Gasteiger partial charge in [-0.2, -0.15) is 0 Å². The number of aliphatic hydroxyl groups excluding tert-OH is 1. The fraction of sp³-hybridized carbons (Fsp3) is 0.333. The molecule has 0 saturated carbocycles. The minimum Gasteiger partial charge on any atom is -0.508 e. The van der Waals surface area contributed by atoms with E-state index in [1.807, 2.05) is 18.2 Å². The molecule has 80 valence electrons. The van der Waals surface area contributed by atoms with E-state index in [0.29, 0.717) is 6.61 Å². The first-order valence-electron chi connectivity index (χ1n) is 4.97. The van der Waals surface area contributed by atoms with E-state index >= 15 is 0 Å². The maximum absolute atomic E-state index is 9.63. The largest absolute Gasteiger partial charge is 0.508 e. The average Bonchev–Trinajstić information content (AvgIpc) is 2.41. The SMILES string of the molecule is C[C@@H](O)C1C=Cc2cccc(O)c2CO1. The van der Waals surface area contributed by atoms with E-state index in [2.05, 4.69) is 0 Å². The van der Waals surface area contributed by atoms with Gasteiger partial charge in [0.1, 0.15) is 11.9 Å². The molecule has 0 radical (unpaired) electrons. The fourth-order valence-electron chi connectivity index (χ4n) is 1.64. The van der Waals surface area contributed by atoms with E-state index in [1.54, 1.807) is 19.1 Å². The van der Waals surface area contributed by atoms with Gasteiger partial charge in [-0.3, -0.25) is 0 Å². The Balaban J connectivity index is 2.32. The summed E-state index contributed by atoms with van der Waals surface area (Å²) < 4.78 is 5.47. The Morgan fingerprint density at radius 3 is 3.00 bits per heavy atom. The van der Waals surface area contributed by atoms with Crippen LogP contribution in [-0.4, -0.2) is 22.4 Å². The Morgan fingerprint density at radius 1 is 1.47 bits per heavy atom. The molecule has 3 nitrogen and oxygen atoms in total. The average molecular weight is 206 g/mol. The number of rotatable bonds is 1. The van der Waals surface area contributed by atoms with Crippen LogP contribution in [0.25, 0.3) is 6.08 Å². The lowest BCUT2D eigenvalue weighted by Gasteiger charge is -2.15. The summed E-state index contributed by atoms with van der Waals surface area (Å²) in [4.78, 5) is 0. The zero-order valence-electron chi connectivity index (χ0n) is 8.55. The van der Waals surface area contributed by atoms with Gasteiger partial charge in [-0.15, -0.1) is 0 Å². The van der Waals surface area contributed by atoms with Gasteiger partial charge in [-0.25, -0.2) is 0 Å². The Labute approximate surface area is 88.6 Å². The molecule has 1 aromatic carbocycles. The van der Waals surface area contributed by atoms with Crippen LogP contribution in [-0.2, 0) is 11.3 Å². The molecule has 1 aliphatic heterocycles. The summed E-state index contributed by atoms with van der Waals surface area (Å²) in [6, 6.07) is 5.35. The molecular formula is C12H14O3. The zero-order chi connectivity index (χ0) is 10.8. The monoisotopic (exact) mass is 206 g/mol. The number of phenolic OH excluding ortho intramolecular Hbond substituents is 1. The number of hydrogen-bond donors (Lipinski definition) is 2. The number of benzene rings is 1. The van der Waals surface area contributed by atoms with Crippen molar-refractivity contribution in [3.63, 3.8) is 0 Å². The summed E-state index contributed by atoms with van der Waals surface area (Å²) >= 11 is 0. The van der Waals surface area contributed by atoms with E-state index in [-0.39, 0.29) is 11.9 Å². The summed E-state index contributed by atoms with van der Waals surface area (Å²) in [6.45, 7) is 2.01. The standard InChI is InChI=1S/C12H14O3/c1-8(13)12-6-5-9-3-2-4-11(14)10(9)7-15-12/h2-6,8,12-14H,7H2,1H3/t8-,12?/m1/s1. The Kier molecular flexibility index (Phi) is 2.75. The highest BCUT2D eigenvalue weighted by atomic mass is 16.5. The van der Waals surface area contributed by atoms with Gasteiger partial charge in [0.25, 0.3) is 0 Å². The molecule has 0 aliphatic carbocycles. The van der Waals surface area contributed by atoms with Crippen LogP contribution in [0.3, 0.4) is 0 Å². The van der Waals surface area contributed by atoms with Crippen molar-refractivity contribution >= 4 is 6.08 Å². The third-order valence-corrected chi connectivity index (χ3v) is 2.55. The molecule has 0 spiro atoms. The molecular weight excluding hydrogens is 192 g/mol. The third-order valence-electron chi connectivity index (χ3n) is 2.55. The van der Waals surface area contributed by atoms with Crippen molar-refractivity contribution in [2.75, 3.05) is 0 Å². The molecule has 1 heterocycles. The molecule has 0 amide bonds. The topological polar surface area (TPSA) is 49.7 Å².